The maximum atomic E-state index is 13.1. The van der Waals surface area contributed by atoms with Gasteiger partial charge in [0.25, 0.3) is 0 Å². The Kier molecular flexibility index (Phi) is 8.51. The zero-order valence-corrected chi connectivity index (χ0v) is 24.1. The summed E-state index contributed by atoms with van der Waals surface area (Å²) in [4.78, 5) is 24.3. The Balaban J connectivity index is 0.000000175. The van der Waals surface area contributed by atoms with Gasteiger partial charge in [0.15, 0.2) is 0 Å². The average molecular weight is 601 g/mol. The van der Waals surface area contributed by atoms with E-state index in [0.717, 1.165) is 0 Å². The van der Waals surface area contributed by atoms with E-state index in [1.807, 2.05) is 0 Å². The van der Waals surface area contributed by atoms with Crippen molar-refractivity contribution in [3.8, 4) is 34.0 Å². The lowest BCUT2D eigenvalue weighted by molar-refractivity contribution is 0.0594. The number of carbonyl (C=O) groups is 2. The molecule has 0 aliphatic rings. The Hall–Kier alpha value is -5.78. The first-order valence-electron chi connectivity index (χ1n) is 13.1. The van der Waals surface area contributed by atoms with Gasteiger partial charge in [0, 0.05) is 35.7 Å². The fourth-order valence-electron chi connectivity index (χ4n) is 4.53. The molecule has 0 unspecified atom stereocenters. The normalized spacial score (nSPS) is 10.7. The fraction of sp³-hybridized carbons (Fsp3) is 0.125. The SMILES string of the molecule is COC(=O)c1c(-c2ccc(F)cc2)nn2ccc(OC)cc12.COC(=O)c1c(-c2ccc(F)cc2)nn2ccc(OC)cc12. The molecule has 6 rings (SSSR count). The van der Waals surface area contributed by atoms with Crippen molar-refractivity contribution in [3.63, 3.8) is 0 Å². The standard InChI is InChI=1S/2C16H13FN2O3/c2*1-21-12-7-8-19-13(9-12)14(16(20)22-2)15(18-19)10-3-5-11(17)6-4-10/h2*3-9H,1-2H3. The van der Waals surface area contributed by atoms with Gasteiger partial charge in [-0.15, -0.1) is 0 Å². The number of aromatic nitrogens is 4. The van der Waals surface area contributed by atoms with Crippen molar-refractivity contribution in [1.29, 1.82) is 0 Å². The summed E-state index contributed by atoms with van der Waals surface area (Å²) in [7, 11) is 5.70. The molecule has 0 saturated carbocycles. The molecule has 12 heteroatoms. The highest BCUT2D eigenvalue weighted by Gasteiger charge is 2.23. The van der Waals surface area contributed by atoms with Crippen molar-refractivity contribution in [1.82, 2.24) is 19.2 Å². The smallest absolute Gasteiger partial charge is 0.342 e. The number of hydrogen-bond donors (Lipinski definition) is 0. The van der Waals surface area contributed by atoms with Crippen LogP contribution >= 0.6 is 0 Å². The van der Waals surface area contributed by atoms with E-state index in [-0.39, 0.29) is 11.6 Å². The second kappa shape index (κ2) is 12.6. The number of rotatable bonds is 6. The van der Waals surface area contributed by atoms with Crippen LogP contribution < -0.4 is 9.47 Å². The summed E-state index contributed by atoms with van der Waals surface area (Å²) in [5, 5.41) is 8.79. The molecule has 0 N–H and O–H groups in total. The van der Waals surface area contributed by atoms with Crippen molar-refractivity contribution in [2.45, 2.75) is 0 Å². The highest BCUT2D eigenvalue weighted by atomic mass is 19.1. The number of methoxy groups -OCH3 is 4. The van der Waals surface area contributed by atoms with Crippen molar-refractivity contribution in [2.24, 2.45) is 0 Å². The maximum Gasteiger partial charge on any atom is 0.342 e. The average Bonchev–Trinajstić information content (AvgIpc) is 3.63. The van der Waals surface area contributed by atoms with Crippen LogP contribution in [0.25, 0.3) is 33.5 Å². The molecule has 2 aromatic carbocycles. The number of pyridine rings is 2. The Morgan fingerprint density at radius 2 is 0.955 bits per heavy atom. The lowest BCUT2D eigenvalue weighted by Crippen LogP contribution is -2.02. The molecule has 44 heavy (non-hydrogen) atoms. The summed E-state index contributed by atoms with van der Waals surface area (Å²) in [5.41, 5.74) is 3.87. The summed E-state index contributed by atoms with van der Waals surface area (Å²) in [6.45, 7) is 0. The molecule has 10 nitrogen and oxygen atoms in total. The van der Waals surface area contributed by atoms with Gasteiger partial charge in [-0.05, 0) is 60.7 Å². The number of hydrogen-bond acceptors (Lipinski definition) is 8. The van der Waals surface area contributed by atoms with Crippen LogP contribution in [0.15, 0.2) is 85.2 Å². The van der Waals surface area contributed by atoms with Crippen LogP contribution in [0.3, 0.4) is 0 Å². The van der Waals surface area contributed by atoms with Gasteiger partial charge in [0.05, 0.1) is 39.5 Å². The molecule has 0 radical (unpaired) electrons. The van der Waals surface area contributed by atoms with Crippen LogP contribution in [0.2, 0.25) is 0 Å². The predicted octanol–water partition coefficient (Wildman–Crippen LogP) is 5.87. The van der Waals surface area contributed by atoms with E-state index >= 15 is 0 Å². The molecule has 0 amide bonds. The van der Waals surface area contributed by atoms with Gasteiger partial charge in [-0.2, -0.15) is 10.2 Å². The Morgan fingerprint density at radius 3 is 1.27 bits per heavy atom. The van der Waals surface area contributed by atoms with E-state index in [2.05, 4.69) is 10.2 Å². The minimum Gasteiger partial charge on any atom is -0.497 e. The summed E-state index contributed by atoms with van der Waals surface area (Å²) in [6, 6.07) is 18.4. The third kappa shape index (κ3) is 5.77. The third-order valence-electron chi connectivity index (χ3n) is 6.70. The lowest BCUT2D eigenvalue weighted by Gasteiger charge is -2.02. The Labute approximate surface area is 250 Å². The van der Waals surface area contributed by atoms with E-state index in [1.54, 1.807) is 84.2 Å². The van der Waals surface area contributed by atoms with Crippen molar-refractivity contribution in [3.05, 3.63) is 108 Å². The first-order chi connectivity index (χ1) is 21.3. The van der Waals surface area contributed by atoms with Crippen molar-refractivity contribution < 1.29 is 37.3 Å². The lowest BCUT2D eigenvalue weighted by atomic mass is 10.1. The molecular formula is C32H26F2N4O6. The van der Waals surface area contributed by atoms with Gasteiger partial charge in [-0.25, -0.2) is 27.4 Å². The monoisotopic (exact) mass is 600 g/mol. The van der Waals surface area contributed by atoms with Crippen molar-refractivity contribution in [2.75, 3.05) is 28.4 Å². The van der Waals surface area contributed by atoms with Crippen LogP contribution in [-0.2, 0) is 9.47 Å². The van der Waals surface area contributed by atoms with Crippen LogP contribution in [0.5, 0.6) is 11.5 Å². The number of halogens is 2. The number of ether oxygens (including phenoxy) is 4. The first kappa shape index (κ1) is 29.7. The molecule has 0 aliphatic carbocycles. The summed E-state index contributed by atoms with van der Waals surface area (Å²) in [5.74, 6) is -0.529. The van der Waals surface area contributed by atoms with E-state index in [1.165, 1.54) is 38.5 Å². The van der Waals surface area contributed by atoms with E-state index < -0.39 is 11.9 Å². The molecule has 0 spiro atoms. The van der Waals surface area contributed by atoms with Gasteiger partial charge < -0.3 is 18.9 Å². The second-order valence-electron chi connectivity index (χ2n) is 9.24. The largest absolute Gasteiger partial charge is 0.497 e. The molecule has 6 aromatic rings. The van der Waals surface area contributed by atoms with Crippen LogP contribution in [0.4, 0.5) is 8.78 Å². The summed E-state index contributed by atoms with van der Waals surface area (Å²) < 4.78 is 49.4. The zero-order valence-electron chi connectivity index (χ0n) is 24.1. The fourth-order valence-corrected chi connectivity index (χ4v) is 4.53. The van der Waals surface area contributed by atoms with E-state index in [9.17, 15) is 18.4 Å². The minimum atomic E-state index is -0.512. The third-order valence-corrected chi connectivity index (χ3v) is 6.70. The van der Waals surface area contributed by atoms with Crippen LogP contribution in [0, 0.1) is 11.6 Å². The van der Waals surface area contributed by atoms with E-state index in [4.69, 9.17) is 18.9 Å². The molecule has 0 saturated heterocycles. The minimum absolute atomic E-state index is 0.313. The number of esters is 2. The molecule has 224 valence electrons. The molecule has 4 aromatic heterocycles. The van der Waals surface area contributed by atoms with Gasteiger partial charge in [0.1, 0.15) is 45.6 Å². The number of fused-ring (bicyclic) bond motifs is 2. The van der Waals surface area contributed by atoms with Gasteiger partial charge in [0.2, 0.25) is 0 Å². The molecule has 4 heterocycles. The number of nitrogens with zero attached hydrogens (tertiary/aromatic N) is 4. The van der Waals surface area contributed by atoms with Crippen molar-refractivity contribution >= 4 is 23.0 Å². The van der Waals surface area contributed by atoms with Crippen LogP contribution in [0.1, 0.15) is 20.7 Å². The van der Waals surface area contributed by atoms with Gasteiger partial charge >= 0.3 is 11.9 Å². The predicted molar refractivity (Wildman–Crippen MR) is 157 cm³/mol. The van der Waals surface area contributed by atoms with Gasteiger partial charge in [-0.3, -0.25) is 0 Å². The first-order valence-corrected chi connectivity index (χ1v) is 13.1. The molecular weight excluding hydrogens is 574 g/mol. The Morgan fingerprint density at radius 1 is 0.591 bits per heavy atom. The quantitative estimate of drug-likeness (QED) is 0.219. The molecule has 0 bridgehead atoms. The van der Waals surface area contributed by atoms with E-state index in [0.29, 0.717) is 56.2 Å². The topological polar surface area (TPSA) is 106 Å². The second-order valence-corrected chi connectivity index (χ2v) is 9.24. The zero-order chi connectivity index (χ0) is 31.4. The number of carbonyl (C=O) groups excluding carboxylic acids is 2. The van der Waals surface area contributed by atoms with Gasteiger partial charge in [-0.1, -0.05) is 0 Å². The highest BCUT2D eigenvalue weighted by Crippen LogP contribution is 2.30. The Bertz CT molecular complexity index is 1820. The highest BCUT2D eigenvalue weighted by molar-refractivity contribution is 6.04. The van der Waals surface area contributed by atoms with Crippen LogP contribution in [-0.4, -0.2) is 59.6 Å². The molecule has 0 aliphatic heterocycles. The summed E-state index contributed by atoms with van der Waals surface area (Å²) >= 11 is 0. The molecule has 0 atom stereocenters. The maximum absolute atomic E-state index is 13.1. The summed E-state index contributed by atoms with van der Waals surface area (Å²) in [6.07, 6.45) is 3.38. The molecule has 0 fully saturated rings. The number of benzene rings is 2.